The maximum Gasteiger partial charge on any atom is 0.329 e. The number of methoxy groups -OCH3 is 3. The first-order valence-electron chi connectivity index (χ1n) is 20.2. The van der Waals surface area contributed by atoms with Gasteiger partial charge in [-0.1, -0.05) is 71.8 Å². The van der Waals surface area contributed by atoms with E-state index in [1.54, 1.807) is 33.3 Å². The molecule has 2 aliphatic heterocycles. The van der Waals surface area contributed by atoms with Gasteiger partial charge < -0.3 is 33.7 Å². The van der Waals surface area contributed by atoms with E-state index in [0.717, 1.165) is 43.3 Å². The minimum absolute atomic E-state index is 0.0423. The Bertz CT molecular complexity index is 1370. The molecule has 2 heterocycles. The molecule has 0 aromatic rings. The van der Waals surface area contributed by atoms with Crippen LogP contribution in [0, 0.1) is 29.6 Å². The van der Waals surface area contributed by atoms with Crippen LogP contribution in [0.15, 0.2) is 35.5 Å². The lowest BCUT2D eigenvalue weighted by atomic mass is 9.79. The number of hydrogen-bond acceptors (Lipinski definition) is 10. The lowest BCUT2D eigenvalue weighted by Gasteiger charge is -2.46. The summed E-state index contributed by atoms with van der Waals surface area (Å²) >= 11 is 0. The quantitative estimate of drug-likeness (QED) is 0.0709. The molecule has 11 nitrogen and oxygen atoms in total. The number of carbonyl (C=O) groups excluding carboxylic acids is 4. The molecule has 1 aliphatic carbocycles. The van der Waals surface area contributed by atoms with E-state index in [9.17, 15) is 24.3 Å². The van der Waals surface area contributed by atoms with Crippen molar-refractivity contribution in [1.29, 1.82) is 0 Å². The van der Waals surface area contributed by atoms with Crippen LogP contribution in [0.2, 0.25) is 0 Å². The third-order valence-electron chi connectivity index (χ3n) is 12.0. The smallest absolute Gasteiger partial charge is 0.329 e. The predicted molar refractivity (Wildman–Crippen MR) is 207 cm³/mol. The number of allylic oxidation sites excluding steroid dienone is 4. The molecule has 0 aromatic heterocycles. The highest BCUT2D eigenvalue weighted by Gasteiger charge is 2.56. The Morgan fingerprint density at radius 3 is 2.28 bits per heavy atom. The van der Waals surface area contributed by atoms with Gasteiger partial charge in [0, 0.05) is 45.6 Å². The Labute approximate surface area is 324 Å². The van der Waals surface area contributed by atoms with Gasteiger partial charge in [-0.05, 0) is 88.7 Å². The largest absolute Gasteiger partial charge is 0.456 e. The number of nitrogens with zero attached hydrogens (tertiary/aromatic N) is 1. The van der Waals surface area contributed by atoms with Crippen molar-refractivity contribution in [3.05, 3.63) is 35.5 Å². The van der Waals surface area contributed by atoms with Crippen LogP contribution in [0.1, 0.15) is 113 Å². The molecule has 12 unspecified atom stereocenters. The standard InChI is InChI=1S/C43H69NO10/c1-12-15-35(50-9)39-37(52-11)24-31(8)43(49,54-39)40(46)41(47)44-21-14-16-33(44)42(48)53-38(28(5)18-20-34(45)29(6)22-26(3)13-2)30(7)23-32-19-17-27(4)36(25-32)51-10/h18,20,22-23,27-29,31-33,35-39,49H,12-17,19,21,24-25H2,1-11H3/b20-18+,26-22+,30-23+. The molecule has 2 saturated heterocycles. The van der Waals surface area contributed by atoms with Crippen molar-refractivity contribution in [2.45, 2.75) is 156 Å². The molecule has 0 aromatic carbocycles. The number of ether oxygens (including phenoxy) is 5. The summed E-state index contributed by atoms with van der Waals surface area (Å²) in [4.78, 5) is 56.3. The maximum atomic E-state index is 14.1. The van der Waals surface area contributed by atoms with Gasteiger partial charge in [0.05, 0.1) is 18.3 Å². The molecule has 0 radical (unpaired) electrons. The summed E-state index contributed by atoms with van der Waals surface area (Å²) in [5, 5.41) is 11.8. The second-order valence-corrected chi connectivity index (χ2v) is 16.1. The lowest BCUT2D eigenvalue weighted by Crippen LogP contribution is -2.63. The first-order valence-corrected chi connectivity index (χ1v) is 20.2. The van der Waals surface area contributed by atoms with Crippen molar-refractivity contribution in [2.75, 3.05) is 27.9 Å². The Kier molecular flexibility index (Phi) is 17.8. The van der Waals surface area contributed by atoms with Gasteiger partial charge in [-0.25, -0.2) is 4.79 Å². The van der Waals surface area contributed by atoms with E-state index in [1.165, 1.54) is 12.0 Å². The van der Waals surface area contributed by atoms with Gasteiger partial charge in [0.2, 0.25) is 5.79 Å². The summed E-state index contributed by atoms with van der Waals surface area (Å²) in [5.41, 5.74) is 1.99. The molecule has 1 N–H and O–H groups in total. The molecule has 306 valence electrons. The molecule has 1 amide bonds. The van der Waals surface area contributed by atoms with Gasteiger partial charge in [0.15, 0.2) is 5.78 Å². The van der Waals surface area contributed by atoms with E-state index < -0.39 is 59.8 Å². The summed E-state index contributed by atoms with van der Waals surface area (Å²) in [7, 11) is 4.82. The molecule has 3 aliphatic rings. The van der Waals surface area contributed by atoms with Crippen molar-refractivity contribution in [3.8, 4) is 0 Å². The Morgan fingerprint density at radius 1 is 0.981 bits per heavy atom. The zero-order valence-electron chi connectivity index (χ0n) is 34.8. The van der Waals surface area contributed by atoms with Crippen LogP contribution in [0.3, 0.4) is 0 Å². The van der Waals surface area contributed by atoms with Crippen LogP contribution < -0.4 is 0 Å². The van der Waals surface area contributed by atoms with Crippen molar-refractivity contribution >= 4 is 23.4 Å². The lowest BCUT2D eigenvalue weighted by molar-refractivity contribution is -0.302. The molecule has 12 atom stereocenters. The van der Waals surface area contributed by atoms with Crippen molar-refractivity contribution in [2.24, 2.45) is 29.6 Å². The first-order chi connectivity index (χ1) is 25.6. The van der Waals surface area contributed by atoms with Crippen LogP contribution in [-0.2, 0) is 42.9 Å². The Morgan fingerprint density at radius 2 is 1.67 bits per heavy atom. The molecule has 0 spiro atoms. The van der Waals surface area contributed by atoms with Gasteiger partial charge in [0.1, 0.15) is 18.2 Å². The number of Topliss-reactive ketones (excluding diaryl/α,β-unsaturated/α-hetero) is 1. The van der Waals surface area contributed by atoms with Gasteiger partial charge in [0.25, 0.3) is 11.7 Å². The van der Waals surface area contributed by atoms with Crippen molar-refractivity contribution < 1.29 is 48.0 Å². The van der Waals surface area contributed by atoms with Gasteiger partial charge >= 0.3 is 5.97 Å². The zero-order valence-corrected chi connectivity index (χ0v) is 34.8. The first kappa shape index (κ1) is 45.7. The summed E-state index contributed by atoms with van der Waals surface area (Å²) in [6.07, 6.45) is 11.3. The SMILES string of the molecule is CCCC(OC)C1OC(O)(C(=O)C(=O)N2CCCC2C(=O)OC(/C(C)=C/C2CCC(C)C(OC)C2)C(C)/C=C/C(=O)C(C)/C=C(\C)CC)C(C)CC1OC. The highest BCUT2D eigenvalue weighted by atomic mass is 16.7. The molecule has 11 heteroatoms. The van der Waals surface area contributed by atoms with Crippen LogP contribution in [0.5, 0.6) is 0 Å². The molecular formula is C43H69NO10. The summed E-state index contributed by atoms with van der Waals surface area (Å²) in [6.45, 7) is 15.8. The zero-order chi connectivity index (χ0) is 40.3. The van der Waals surface area contributed by atoms with Crippen LogP contribution in [-0.4, -0.2) is 104 Å². The van der Waals surface area contributed by atoms with Crippen LogP contribution >= 0.6 is 0 Å². The van der Waals surface area contributed by atoms with E-state index in [1.807, 2.05) is 40.7 Å². The van der Waals surface area contributed by atoms with Crippen molar-refractivity contribution in [3.63, 3.8) is 0 Å². The van der Waals surface area contributed by atoms with Crippen LogP contribution in [0.25, 0.3) is 0 Å². The minimum atomic E-state index is -2.42. The maximum absolute atomic E-state index is 14.1. The van der Waals surface area contributed by atoms with Gasteiger partial charge in [-0.15, -0.1) is 0 Å². The van der Waals surface area contributed by atoms with E-state index in [4.69, 9.17) is 23.7 Å². The summed E-state index contributed by atoms with van der Waals surface area (Å²) < 4.78 is 29.4. The molecule has 3 fully saturated rings. The number of likely N-dealkylation sites (tertiary alicyclic amines) is 1. The topological polar surface area (TPSA) is 138 Å². The fraction of sp³-hybridized carbons (Fsp3) is 0.767. The number of rotatable bonds is 18. The fourth-order valence-electron chi connectivity index (χ4n) is 8.31. The second kappa shape index (κ2) is 21.0. The highest BCUT2D eigenvalue weighted by molar-refractivity contribution is 6.39. The normalized spacial score (nSPS) is 31.9. The minimum Gasteiger partial charge on any atom is -0.456 e. The van der Waals surface area contributed by atoms with Gasteiger partial charge in [-0.2, -0.15) is 0 Å². The highest BCUT2D eigenvalue weighted by Crippen LogP contribution is 2.38. The molecule has 3 rings (SSSR count). The van der Waals surface area contributed by atoms with E-state index in [-0.39, 0.29) is 42.6 Å². The third kappa shape index (κ3) is 11.2. The van der Waals surface area contributed by atoms with E-state index in [2.05, 4.69) is 19.9 Å². The fourth-order valence-corrected chi connectivity index (χ4v) is 8.31. The Balaban J connectivity index is 1.87. The number of esters is 1. The molecule has 1 saturated carbocycles. The van der Waals surface area contributed by atoms with Crippen molar-refractivity contribution in [1.82, 2.24) is 4.90 Å². The van der Waals surface area contributed by atoms with E-state index in [0.29, 0.717) is 25.2 Å². The number of ketones is 2. The monoisotopic (exact) mass is 759 g/mol. The Hall–Kier alpha value is -2.70. The molecule has 54 heavy (non-hydrogen) atoms. The number of carbonyl (C=O) groups is 4. The third-order valence-corrected chi connectivity index (χ3v) is 12.0. The second-order valence-electron chi connectivity index (χ2n) is 16.1. The summed E-state index contributed by atoms with van der Waals surface area (Å²) in [5.74, 6) is -5.96. The molecular weight excluding hydrogens is 690 g/mol. The van der Waals surface area contributed by atoms with E-state index >= 15 is 0 Å². The average Bonchev–Trinajstić information content (AvgIpc) is 3.66. The average molecular weight is 760 g/mol. The predicted octanol–water partition coefficient (Wildman–Crippen LogP) is 6.55. The number of hydrogen-bond donors (Lipinski definition) is 1. The molecule has 0 bridgehead atoms. The summed E-state index contributed by atoms with van der Waals surface area (Å²) in [6, 6.07) is -1.03. The number of aliphatic hydroxyl groups is 1. The van der Waals surface area contributed by atoms with Gasteiger partial charge in [-0.3, -0.25) is 14.4 Å². The van der Waals surface area contributed by atoms with Crippen LogP contribution in [0.4, 0.5) is 0 Å². The number of amides is 1.